The Kier molecular flexibility index (Phi) is 7.15. The number of oxime groups is 1. The molecule has 2 rings (SSSR count). The van der Waals surface area contributed by atoms with Crippen LogP contribution >= 0.6 is 0 Å². The molecule has 24 heavy (non-hydrogen) atoms. The van der Waals surface area contributed by atoms with E-state index in [1.54, 1.807) is 30.5 Å². The molecule has 4 nitrogen and oxygen atoms in total. The van der Waals surface area contributed by atoms with Crippen molar-refractivity contribution < 1.29 is 10.0 Å². The number of nitrogens with zero attached hydrogens (tertiary/aromatic N) is 2. The van der Waals surface area contributed by atoms with Crippen LogP contribution < -0.4 is 0 Å². The van der Waals surface area contributed by atoms with Gasteiger partial charge in [-0.05, 0) is 18.6 Å². The first kappa shape index (κ1) is 17.9. The molecule has 126 valence electrons. The molecule has 1 heterocycles. The van der Waals surface area contributed by atoms with E-state index in [1.165, 1.54) is 19.3 Å². The summed E-state index contributed by atoms with van der Waals surface area (Å²) in [4.78, 5) is 16.8. The van der Waals surface area contributed by atoms with E-state index in [-0.39, 0.29) is 5.78 Å². The summed E-state index contributed by atoms with van der Waals surface area (Å²) >= 11 is 0. The number of aromatic nitrogens is 1. The minimum absolute atomic E-state index is 0.0826. The molecule has 0 bridgehead atoms. The van der Waals surface area contributed by atoms with Gasteiger partial charge in [0, 0.05) is 23.7 Å². The van der Waals surface area contributed by atoms with Crippen LogP contribution in [0.1, 0.15) is 67.1 Å². The highest BCUT2D eigenvalue weighted by Crippen LogP contribution is 2.18. The van der Waals surface area contributed by atoms with Crippen molar-refractivity contribution in [3.63, 3.8) is 0 Å². The van der Waals surface area contributed by atoms with E-state index in [2.05, 4.69) is 17.1 Å². The predicted octanol–water partition coefficient (Wildman–Crippen LogP) is 4.85. The third-order valence-corrected chi connectivity index (χ3v) is 4.00. The molecular formula is C20H24N2O2. The average molecular weight is 324 g/mol. The van der Waals surface area contributed by atoms with Gasteiger partial charge in [-0.1, -0.05) is 68.1 Å². The number of carbonyl (C=O) groups is 1. The Balaban J connectivity index is 2.16. The average Bonchev–Trinajstić information content (AvgIpc) is 2.63. The Morgan fingerprint density at radius 2 is 1.71 bits per heavy atom. The summed E-state index contributed by atoms with van der Waals surface area (Å²) in [6.07, 6.45) is 7.69. The number of hydrogen-bond acceptors (Lipinski definition) is 4. The fourth-order valence-electron chi connectivity index (χ4n) is 2.70. The Bertz CT molecular complexity index is 681. The second-order valence-electron chi connectivity index (χ2n) is 5.80. The molecule has 0 fully saturated rings. The molecule has 0 unspecified atom stereocenters. The molecule has 1 N–H and O–H groups in total. The van der Waals surface area contributed by atoms with Crippen molar-refractivity contribution in [2.45, 2.75) is 45.4 Å². The lowest BCUT2D eigenvalue weighted by Crippen LogP contribution is -2.12. The van der Waals surface area contributed by atoms with Crippen LogP contribution in [0.4, 0.5) is 0 Å². The van der Waals surface area contributed by atoms with E-state index < -0.39 is 0 Å². The number of ketones is 1. The van der Waals surface area contributed by atoms with E-state index in [4.69, 9.17) is 0 Å². The molecule has 0 atom stereocenters. The number of carbonyl (C=O) groups excluding carboxylic acids is 1. The summed E-state index contributed by atoms with van der Waals surface area (Å²) in [6, 6.07) is 12.6. The quantitative estimate of drug-likeness (QED) is 0.236. The first-order valence-electron chi connectivity index (χ1n) is 8.54. The molecule has 0 aliphatic carbocycles. The molecule has 1 aromatic carbocycles. The van der Waals surface area contributed by atoms with Gasteiger partial charge in [-0.2, -0.15) is 0 Å². The topological polar surface area (TPSA) is 62.5 Å². The van der Waals surface area contributed by atoms with Crippen molar-refractivity contribution in [1.29, 1.82) is 0 Å². The van der Waals surface area contributed by atoms with Crippen LogP contribution in [0.25, 0.3) is 0 Å². The lowest BCUT2D eigenvalue weighted by molar-refractivity contribution is 0.0979. The van der Waals surface area contributed by atoms with Crippen molar-refractivity contribution in [2.24, 2.45) is 5.16 Å². The van der Waals surface area contributed by atoms with Crippen LogP contribution in [0.2, 0.25) is 0 Å². The minimum atomic E-state index is 0.0826. The standard InChI is InChI=1S/C20H24N2O2/c1-2-3-4-5-6-14-19(23)16-11-7-8-12-17(16)20(22-24)18-13-9-10-15-21-18/h7-13,15,24H,2-6,14H2,1H3. The van der Waals surface area contributed by atoms with Crippen molar-refractivity contribution in [2.75, 3.05) is 0 Å². The normalized spacial score (nSPS) is 11.5. The van der Waals surface area contributed by atoms with Gasteiger partial charge in [-0.3, -0.25) is 9.78 Å². The van der Waals surface area contributed by atoms with Gasteiger partial charge < -0.3 is 5.21 Å². The number of unbranched alkanes of at least 4 members (excludes halogenated alkanes) is 4. The van der Waals surface area contributed by atoms with E-state index in [0.717, 1.165) is 12.8 Å². The van der Waals surface area contributed by atoms with Gasteiger partial charge >= 0.3 is 0 Å². The van der Waals surface area contributed by atoms with Crippen molar-refractivity contribution in [3.8, 4) is 0 Å². The monoisotopic (exact) mass is 324 g/mol. The fraction of sp³-hybridized carbons (Fsp3) is 0.350. The molecule has 0 aliphatic rings. The first-order chi connectivity index (χ1) is 11.8. The summed E-state index contributed by atoms with van der Waals surface area (Å²) in [7, 11) is 0. The highest BCUT2D eigenvalue weighted by molar-refractivity contribution is 6.17. The number of hydrogen-bond donors (Lipinski definition) is 1. The molecule has 0 saturated heterocycles. The largest absolute Gasteiger partial charge is 0.410 e. The zero-order valence-electron chi connectivity index (χ0n) is 14.1. The maximum Gasteiger partial charge on any atom is 0.163 e. The van der Waals surface area contributed by atoms with Crippen molar-refractivity contribution in [1.82, 2.24) is 4.98 Å². The van der Waals surface area contributed by atoms with Crippen LogP contribution in [-0.4, -0.2) is 21.7 Å². The van der Waals surface area contributed by atoms with Gasteiger partial charge in [0.05, 0.1) is 5.69 Å². The van der Waals surface area contributed by atoms with Gasteiger partial charge in [0.25, 0.3) is 0 Å². The summed E-state index contributed by atoms with van der Waals surface area (Å²) in [6.45, 7) is 2.18. The Morgan fingerprint density at radius 1 is 1.00 bits per heavy atom. The number of rotatable bonds is 9. The summed E-state index contributed by atoms with van der Waals surface area (Å²) in [5, 5.41) is 12.8. The number of benzene rings is 1. The maximum absolute atomic E-state index is 12.6. The van der Waals surface area contributed by atoms with E-state index in [1.807, 2.05) is 18.2 Å². The molecule has 1 aromatic heterocycles. The lowest BCUT2D eigenvalue weighted by Gasteiger charge is -2.10. The predicted molar refractivity (Wildman–Crippen MR) is 95.8 cm³/mol. The Labute approximate surface area is 143 Å². The molecule has 0 saturated carbocycles. The molecular weight excluding hydrogens is 300 g/mol. The zero-order chi connectivity index (χ0) is 17.2. The third-order valence-electron chi connectivity index (χ3n) is 4.00. The molecule has 0 radical (unpaired) electrons. The Morgan fingerprint density at radius 3 is 2.38 bits per heavy atom. The van der Waals surface area contributed by atoms with Gasteiger partial charge in [0.2, 0.25) is 0 Å². The van der Waals surface area contributed by atoms with Gasteiger partial charge in [0.1, 0.15) is 5.71 Å². The number of Topliss-reactive ketones (excluding diaryl/α,β-unsaturated/α-hetero) is 1. The summed E-state index contributed by atoms with van der Waals surface area (Å²) in [5.74, 6) is 0.0826. The van der Waals surface area contributed by atoms with Crippen LogP contribution in [0.15, 0.2) is 53.8 Å². The maximum atomic E-state index is 12.6. The van der Waals surface area contributed by atoms with Crippen LogP contribution in [0, 0.1) is 0 Å². The van der Waals surface area contributed by atoms with Gasteiger partial charge in [-0.15, -0.1) is 0 Å². The molecule has 0 aliphatic heterocycles. The summed E-state index contributed by atoms with van der Waals surface area (Å²) < 4.78 is 0. The second-order valence-corrected chi connectivity index (χ2v) is 5.80. The van der Waals surface area contributed by atoms with Crippen molar-refractivity contribution in [3.05, 3.63) is 65.5 Å². The minimum Gasteiger partial charge on any atom is -0.410 e. The van der Waals surface area contributed by atoms with Crippen LogP contribution in [-0.2, 0) is 0 Å². The molecule has 0 spiro atoms. The van der Waals surface area contributed by atoms with Gasteiger partial charge in [-0.25, -0.2) is 0 Å². The van der Waals surface area contributed by atoms with Crippen LogP contribution in [0.5, 0.6) is 0 Å². The Hall–Kier alpha value is -2.49. The molecule has 4 heteroatoms. The van der Waals surface area contributed by atoms with Crippen molar-refractivity contribution >= 4 is 11.5 Å². The van der Waals surface area contributed by atoms with Crippen LogP contribution in [0.3, 0.4) is 0 Å². The fourth-order valence-corrected chi connectivity index (χ4v) is 2.70. The first-order valence-corrected chi connectivity index (χ1v) is 8.54. The molecule has 2 aromatic rings. The number of pyridine rings is 1. The lowest BCUT2D eigenvalue weighted by atomic mass is 9.95. The van der Waals surface area contributed by atoms with E-state index in [9.17, 15) is 10.0 Å². The molecule has 0 amide bonds. The SMILES string of the molecule is CCCCCCCC(=O)c1ccccc1C(=NO)c1ccccn1. The summed E-state index contributed by atoms with van der Waals surface area (Å²) in [5.41, 5.74) is 2.08. The third kappa shape index (κ3) is 4.75. The van der Waals surface area contributed by atoms with Gasteiger partial charge in [0.15, 0.2) is 5.78 Å². The van der Waals surface area contributed by atoms with E-state index >= 15 is 0 Å². The zero-order valence-corrected chi connectivity index (χ0v) is 14.1. The highest BCUT2D eigenvalue weighted by Gasteiger charge is 2.17. The highest BCUT2D eigenvalue weighted by atomic mass is 16.4. The van der Waals surface area contributed by atoms with E-state index in [0.29, 0.717) is 29.0 Å². The smallest absolute Gasteiger partial charge is 0.163 e. The second kappa shape index (κ2) is 9.60.